The fourth-order valence-corrected chi connectivity index (χ4v) is 4.36. The Morgan fingerprint density at radius 1 is 1.15 bits per heavy atom. The minimum Gasteiger partial charge on any atom is -0.305 e. The van der Waals surface area contributed by atoms with E-state index < -0.39 is 0 Å². The fourth-order valence-electron chi connectivity index (χ4n) is 3.47. The first-order valence-corrected chi connectivity index (χ1v) is 9.89. The zero-order chi connectivity index (χ0) is 19.0. The lowest BCUT2D eigenvalue weighted by molar-refractivity contribution is 0.0993. The summed E-state index contributed by atoms with van der Waals surface area (Å²) in [5.74, 6) is 0.185. The molecule has 0 saturated carbocycles. The van der Waals surface area contributed by atoms with Crippen LogP contribution in [0.5, 0.6) is 0 Å². The zero-order valence-corrected chi connectivity index (χ0v) is 16.1. The van der Waals surface area contributed by atoms with Gasteiger partial charge in [0.2, 0.25) is 0 Å². The molecule has 4 rings (SSSR count). The number of carbonyl (C=O) groups excluding carboxylic acids is 1. The third-order valence-electron chi connectivity index (χ3n) is 4.98. The molecule has 1 atom stereocenters. The molecule has 27 heavy (non-hydrogen) atoms. The minimum atomic E-state index is -0.341. The van der Waals surface area contributed by atoms with E-state index in [1.165, 1.54) is 29.0 Å². The number of benzene rings is 2. The number of aryl methyl sites for hydroxylation is 2. The number of rotatable bonds is 5. The fraction of sp³-hybridized carbons (Fsp3) is 0.286. The van der Waals surface area contributed by atoms with Crippen LogP contribution < -0.4 is 0 Å². The topological polar surface area (TPSA) is 47.8 Å². The average molecular weight is 381 g/mol. The van der Waals surface area contributed by atoms with Crippen molar-refractivity contribution in [3.63, 3.8) is 0 Å². The van der Waals surface area contributed by atoms with E-state index in [1.807, 2.05) is 19.1 Å². The maximum atomic E-state index is 14.0. The number of carbonyl (C=O) groups is 1. The average Bonchev–Trinajstić information content (AvgIpc) is 3.28. The third-order valence-corrected chi connectivity index (χ3v) is 6.12. The Kier molecular flexibility index (Phi) is 4.83. The minimum absolute atomic E-state index is 0.0742. The molecule has 0 spiro atoms. The normalized spacial score (nSPS) is 14.2. The lowest BCUT2D eigenvalue weighted by atomic mass is 10.0. The van der Waals surface area contributed by atoms with Crippen LogP contribution in [0.4, 0.5) is 4.39 Å². The maximum Gasteiger partial charge on any atom is 0.191 e. The lowest BCUT2D eigenvalue weighted by Gasteiger charge is -2.11. The number of thioether (sulfide) groups is 1. The molecule has 1 aromatic heterocycles. The van der Waals surface area contributed by atoms with Gasteiger partial charge in [-0.05, 0) is 55.5 Å². The van der Waals surface area contributed by atoms with Gasteiger partial charge in [-0.15, -0.1) is 10.2 Å². The molecule has 0 fully saturated rings. The van der Waals surface area contributed by atoms with Gasteiger partial charge >= 0.3 is 0 Å². The third kappa shape index (κ3) is 3.41. The molecule has 0 saturated heterocycles. The Morgan fingerprint density at radius 2 is 1.93 bits per heavy atom. The largest absolute Gasteiger partial charge is 0.305 e. The van der Waals surface area contributed by atoms with E-state index >= 15 is 0 Å². The van der Waals surface area contributed by atoms with Crippen LogP contribution in [0.3, 0.4) is 0 Å². The first kappa shape index (κ1) is 17.9. The zero-order valence-electron chi connectivity index (χ0n) is 15.3. The summed E-state index contributed by atoms with van der Waals surface area (Å²) in [4.78, 5) is 12.9. The van der Waals surface area contributed by atoms with Crippen molar-refractivity contribution in [2.75, 3.05) is 0 Å². The number of halogens is 1. The van der Waals surface area contributed by atoms with Gasteiger partial charge in [-0.3, -0.25) is 4.79 Å². The van der Waals surface area contributed by atoms with E-state index in [9.17, 15) is 9.18 Å². The van der Waals surface area contributed by atoms with Crippen molar-refractivity contribution in [2.24, 2.45) is 7.05 Å². The molecule has 0 N–H and O–H groups in total. The molecule has 3 aromatic rings. The highest BCUT2D eigenvalue weighted by atomic mass is 32.2. The SMILES string of the molecule is C[C@@H](Sc1nnc(-c2ccccc2F)n1C)C(=O)c1ccc2c(c1)CCC2. The Morgan fingerprint density at radius 3 is 2.74 bits per heavy atom. The number of fused-ring (bicyclic) bond motifs is 1. The Labute approximate surface area is 161 Å². The summed E-state index contributed by atoms with van der Waals surface area (Å²) in [6, 6.07) is 12.5. The number of nitrogens with zero attached hydrogens (tertiary/aromatic N) is 3. The number of aromatic nitrogens is 3. The van der Waals surface area contributed by atoms with Gasteiger partial charge in [0.25, 0.3) is 0 Å². The van der Waals surface area contributed by atoms with Crippen LogP contribution in [-0.4, -0.2) is 25.8 Å². The van der Waals surface area contributed by atoms with Gasteiger partial charge in [0.1, 0.15) is 5.82 Å². The molecule has 0 aliphatic heterocycles. The molecule has 1 aliphatic carbocycles. The number of hydrogen-bond acceptors (Lipinski definition) is 4. The second kappa shape index (κ2) is 7.27. The highest BCUT2D eigenvalue weighted by Crippen LogP contribution is 2.29. The van der Waals surface area contributed by atoms with E-state index in [-0.39, 0.29) is 16.9 Å². The summed E-state index contributed by atoms with van der Waals surface area (Å²) >= 11 is 1.35. The quantitative estimate of drug-likeness (QED) is 0.483. The van der Waals surface area contributed by atoms with E-state index in [0.717, 1.165) is 24.8 Å². The molecular formula is C21H20FN3OS. The molecule has 0 radical (unpaired) electrons. The number of ketones is 1. The molecule has 4 nitrogen and oxygen atoms in total. The molecular weight excluding hydrogens is 361 g/mol. The van der Waals surface area contributed by atoms with Gasteiger partial charge < -0.3 is 4.57 Å². The van der Waals surface area contributed by atoms with Crippen molar-refractivity contribution in [1.82, 2.24) is 14.8 Å². The monoisotopic (exact) mass is 381 g/mol. The summed E-state index contributed by atoms with van der Waals surface area (Å²) in [5.41, 5.74) is 3.79. The summed E-state index contributed by atoms with van der Waals surface area (Å²) < 4.78 is 15.8. The Bertz CT molecular complexity index is 1010. The highest BCUT2D eigenvalue weighted by Gasteiger charge is 2.22. The van der Waals surface area contributed by atoms with E-state index in [2.05, 4.69) is 16.3 Å². The van der Waals surface area contributed by atoms with Crippen molar-refractivity contribution in [3.8, 4) is 11.4 Å². The second-order valence-electron chi connectivity index (χ2n) is 6.81. The predicted molar refractivity (Wildman–Crippen MR) is 105 cm³/mol. The van der Waals surface area contributed by atoms with Crippen molar-refractivity contribution in [3.05, 3.63) is 65.0 Å². The summed E-state index contributed by atoms with van der Waals surface area (Å²) in [5, 5.41) is 8.57. The van der Waals surface area contributed by atoms with Gasteiger partial charge in [0.15, 0.2) is 16.8 Å². The smallest absolute Gasteiger partial charge is 0.191 e. The maximum absolute atomic E-state index is 14.0. The molecule has 0 bridgehead atoms. The predicted octanol–water partition coefficient (Wildman–Crippen LogP) is 4.47. The van der Waals surface area contributed by atoms with Crippen molar-refractivity contribution in [2.45, 2.75) is 36.6 Å². The first-order valence-electron chi connectivity index (χ1n) is 9.01. The Hall–Kier alpha value is -2.47. The van der Waals surface area contributed by atoms with Crippen LogP contribution in [0.25, 0.3) is 11.4 Å². The second-order valence-corrected chi connectivity index (χ2v) is 8.11. The molecule has 0 unspecified atom stereocenters. The molecule has 1 heterocycles. The van der Waals surface area contributed by atoms with E-state index in [4.69, 9.17) is 0 Å². The summed E-state index contributed by atoms with van der Waals surface area (Å²) in [6.07, 6.45) is 3.31. The molecule has 1 aliphatic rings. The van der Waals surface area contributed by atoms with E-state index in [0.29, 0.717) is 16.5 Å². The van der Waals surface area contributed by atoms with E-state index in [1.54, 1.807) is 29.8 Å². The van der Waals surface area contributed by atoms with Crippen LogP contribution in [0, 0.1) is 5.82 Å². The highest BCUT2D eigenvalue weighted by molar-refractivity contribution is 8.00. The van der Waals surface area contributed by atoms with Crippen LogP contribution in [0.15, 0.2) is 47.6 Å². The van der Waals surface area contributed by atoms with Crippen molar-refractivity contribution in [1.29, 1.82) is 0 Å². The first-order chi connectivity index (χ1) is 13.0. The van der Waals surface area contributed by atoms with Gasteiger partial charge in [0, 0.05) is 12.6 Å². The van der Waals surface area contributed by atoms with Gasteiger partial charge in [-0.2, -0.15) is 0 Å². The number of hydrogen-bond donors (Lipinski definition) is 0. The Balaban J connectivity index is 1.54. The molecule has 2 aromatic carbocycles. The lowest BCUT2D eigenvalue weighted by Crippen LogP contribution is -2.14. The van der Waals surface area contributed by atoms with Crippen LogP contribution in [0.2, 0.25) is 0 Å². The standard InChI is InChI=1S/C21H20FN3OS/c1-13(19(26)16-11-10-14-6-5-7-15(14)12-16)27-21-24-23-20(25(21)2)17-8-3-4-9-18(17)22/h3-4,8-13H,5-7H2,1-2H3/t13-/m1/s1. The van der Waals surface area contributed by atoms with Gasteiger partial charge in [-0.1, -0.05) is 36.0 Å². The van der Waals surface area contributed by atoms with Crippen molar-refractivity contribution >= 4 is 17.5 Å². The summed E-state index contributed by atoms with van der Waals surface area (Å²) in [6.45, 7) is 1.87. The van der Waals surface area contributed by atoms with Crippen LogP contribution in [-0.2, 0) is 19.9 Å². The van der Waals surface area contributed by atoms with Crippen LogP contribution >= 0.6 is 11.8 Å². The molecule has 138 valence electrons. The summed E-state index contributed by atoms with van der Waals surface area (Å²) in [7, 11) is 1.79. The molecule has 6 heteroatoms. The van der Waals surface area contributed by atoms with Gasteiger partial charge in [0.05, 0.1) is 10.8 Å². The van der Waals surface area contributed by atoms with Crippen molar-refractivity contribution < 1.29 is 9.18 Å². The molecule has 0 amide bonds. The van der Waals surface area contributed by atoms with Gasteiger partial charge in [-0.25, -0.2) is 4.39 Å². The number of Topliss-reactive ketones (excluding diaryl/α,β-unsaturated/α-hetero) is 1. The van der Waals surface area contributed by atoms with Crippen LogP contribution in [0.1, 0.15) is 34.8 Å².